The van der Waals surface area contributed by atoms with Crippen molar-refractivity contribution in [2.75, 3.05) is 5.75 Å². The van der Waals surface area contributed by atoms with E-state index < -0.39 is 22.3 Å². The smallest absolute Gasteiger partial charge is 0.407 e. The number of hydrogen-bond acceptors (Lipinski definition) is 5. The van der Waals surface area contributed by atoms with E-state index in [1.807, 2.05) is 37.3 Å². The van der Waals surface area contributed by atoms with E-state index in [4.69, 9.17) is 8.92 Å². The number of benzene rings is 1. The molecule has 0 radical (unpaired) electrons. The number of carbonyl (C=O) groups excluding carboxylic acids is 1. The van der Waals surface area contributed by atoms with Gasteiger partial charge < -0.3 is 10.1 Å². The molecular formula is C18H27NO5S. The van der Waals surface area contributed by atoms with Gasteiger partial charge in [0.25, 0.3) is 10.1 Å². The summed E-state index contributed by atoms with van der Waals surface area (Å²) < 4.78 is 34.9. The number of amides is 1. The number of nitrogens with one attached hydrogen (secondary N) is 1. The zero-order valence-corrected chi connectivity index (χ0v) is 15.5. The topological polar surface area (TPSA) is 81.7 Å². The molecule has 6 nitrogen and oxygen atoms in total. The first-order valence-electron chi connectivity index (χ1n) is 8.86. The Kier molecular flexibility index (Phi) is 7.71. The molecule has 25 heavy (non-hydrogen) atoms. The third-order valence-corrected chi connectivity index (χ3v) is 5.64. The van der Waals surface area contributed by atoms with Gasteiger partial charge in [0.2, 0.25) is 0 Å². The minimum Gasteiger partial charge on any atom is -0.445 e. The highest BCUT2D eigenvalue weighted by Crippen LogP contribution is 2.22. The zero-order chi connectivity index (χ0) is 18.1. The summed E-state index contributed by atoms with van der Waals surface area (Å²) in [5.41, 5.74) is 0.874. The summed E-state index contributed by atoms with van der Waals surface area (Å²) in [7, 11) is -3.68. The van der Waals surface area contributed by atoms with E-state index in [1.54, 1.807) is 0 Å². The van der Waals surface area contributed by atoms with Crippen LogP contribution in [-0.2, 0) is 25.6 Å². The Morgan fingerprint density at radius 1 is 1.20 bits per heavy atom. The Morgan fingerprint density at radius 3 is 2.52 bits per heavy atom. The molecule has 1 saturated carbocycles. The van der Waals surface area contributed by atoms with Gasteiger partial charge in [-0.1, -0.05) is 56.5 Å². The number of ether oxygens (including phenoxy) is 1. The maximum Gasteiger partial charge on any atom is 0.407 e. The van der Waals surface area contributed by atoms with Crippen molar-refractivity contribution in [3.63, 3.8) is 0 Å². The molecule has 1 aliphatic rings. The molecule has 0 spiro atoms. The van der Waals surface area contributed by atoms with Crippen LogP contribution in [0.2, 0.25) is 0 Å². The highest BCUT2D eigenvalue weighted by Gasteiger charge is 2.25. The fourth-order valence-corrected chi connectivity index (χ4v) is 4.34. The monoisotopic (exact) mass is 369 g/mol. The van der Waals surface area contributed by atoms with Crippen LogP contribution >= 0.6 is 0 Å². The van der Waals surface area contributed by atoms with Gasteiger partial charge in [0.1, 0.15) is 6.61 Å². The van der Waals surface area contributed by atoms with Crippen LogP contribution in [0.5, 0.6) is 0 Å². The van der Waals surface area contributed by atoms with Crippen LogP contribution in [0.1, 0.15) is 51.0 Å². The van der Waals surface area contributed by atoms with Crippen molar-refractivity contribution >= 4 is 16.2 Å². The van der Waals surface area contributed by atoms with Crippen LogP contribution in [0.25, 0.3) is 0 Å². The SMILES string of the molecule is CCC(CS(=O)(=O)OC1CCCCC1)NC(=O)OCc1ccccc1. The van der Waals surface area contributed by atoms with Gasteiger partial charge in [-0.15, -0.1) is 0 Å². The van der Waals surface area contributed by atoms with Crippen LogP contribution in [0.15, 0.2) is 30.3 Å². The Balaban J connectivity index is 1.78. The molecular weight excluding hydrogens is 342 g/mol. The first-order valence-corrected chi connectivity index (χ1v) is 10.4. The predicted molar refractivity (Wildman–Crippen MR) is 95.6 cm³/mol. The molecule has 1 N–H and O–H groups in total. The lowest BCUT2D eigenvalue weighted by Gasteiger charge is -2.23. The van der Waals surface area contributed by atoms with Gasteiger partial charge in [-0.2, -0.15) is 8.42 Å². The maximum atomic E-state index is 12.2. The van der Waals surface area contributed by atoms with E-state index in [9.17, 15) is 13.2 Å². The lowest BCUT2D eigenvalue weighted by molar-refractivity contribution is 0.135. The van der Waals surface area contributed by atoms with E-state index in [0.29, 0.717) is 6.42 Å². The summed E-state index contributed by atoms with van der Waals surface area (Å²) in [5, 5.41) is 2.61. The summed E-state index contributed by atoms with van der Waals surface area (Å²) in [6, 6.07) is 8.78. The van der Waals surface area contributed by atoms with Crippen molar-refractivity contribution < 1.29 is 22.1 Å². The van der Waals surface area contributed by atoms with Gasteiger partial charge in [0, 0.05) is 6.04 Å². The first kappa shape index (κ1) is 19.7. The molecule has 1 fully saturated rings. The zero-order valence-electron chi connectivity index (χ0n) is 14.6. The van der Waals surface area contributed by atoms with E-state index >= 15 is 0 Å². The Labute approximate surface area is 150 Å². The molecule has 140 valence electrons. The first-order chi connectivity index (χ1) is 12.0. The van der Waals surface area contributed by atoms with Crippen LogP contribution in [0.3, 0.4) is 0 Å². The van der Waals surface area contributed by atoms with Crippen LogP contribution in [-0.4, -0.2) is 32.4 Å². The van der Waals surface area contributed by atoms with Crippen molar-refractivity contribution in [1.29, 1.82) is 0 Å². The lowest BCUT2D eigenvalue weighted by Crippen LogP contribution is -2.40. The largest absolute Gasteiger partial charge is 0.445 e. The lowest BCUT2D eigenvalue weighted by atomic mass is 9.98. The van der Waals surface area contributed by atoms with Crippen LogP contribution in [0.4, 0.5) is 4.79 Å². The molecule has 1 aromatic carbocycles. The number of hydrogen-bond donors (Lipinski definition) is 1. The molecule has 0 aliphatic heterocycles. The Morgan fingerprint density at radius 2 is 1.88 bits per heavy atom. The normalized spacial score (nSPS) is 17.0. The van der Waals surface area contributed by atoms with E-state index in [2.05, 4.69) is 5.32 Å². The van der Waals surface area contributed by atoms with Crippen LogP contribution in [0, 0.1) is 0 Å². The van der Waals surface area contributed by atoms with Crippen molar-refractivity contribution in [2.45, 2.75) is 64.2 Å². The van der Waals surface area contributed by atoms with Gasteiger partial charge in [-0.3, -0.25) is 4.18 Å². The van der Waals surface area contributed by atoms with Crippen molar-refractivity contribution in [2.24, 2.45) is 0 Å². The third-order valence-electron chi connectivity index (χ3n) is 4.27. The minimum absolute atomic E-state index is 0.147. The second kappa shape index (κ2) is 9.77. The molecule has 0 heterocycles. The molecule has 1 atom stereocenters. The quantitative estimate of drug-likeness (QED) is 0.711. The van der Waals surface area contributed by atoms with Crippen molar-refractivity contribution in [1.82, 2.24) is 5.32 Å². The summed E-state index contributed by atoms with van der Waals surface area (Å²) in [5.74, 6) is -0.236. The third kappa shape index (κ3) is 7.44. The molecule has 1 aliphatic carbocycles. The average molecular weight is 369 g/mol. The second-order valence-electron chi connectivity index (χ2n) is 6.39. The van der Waals surface area contributed by atoms with E-state index in [0.717, 1.165) is 37.7 Å². The molecule has 0 bridgehead atoms. The standard InChI is InChI=1S/C18H27NO5S/c1-2-16(14-25(21,22)24-17-11-7-4-8-12-17)19-18(20)23-13-15-9-5-3-6-10-15/h3,5-6,9-10,16-17H,2,4,7-8,11-14H2,1H3,(H,19,20). The van der Waals surface area contributed by atoms with Gasteiger partial charge >= 0.3 is 6.09 Å². The Bertz CT molecular complexity index is 626. The summed E-state index contributed by atoms with van der Waals surface area (Å²) in [6.45, 7) is 1.96. The Hall–Kier alpha value is -1.60. The highest BCUT2D eigenvalue weighted by atomic mass is 32.2. The number of carbonyl (C=O) groups is 1. The van der Waals surface area contributed by atoms with E-state index in [-0.39, 0.29) is 18.5 Å². The molecule has 2 rings (SSSR count). The van der Waals surface area contributed by atoms with Crippen molar-refractivity contribution in [3.8, 4) is 0 Å². The summed E-state index contributed by atoms with van der Waals surface area (Å²) in [6.07, 6.45) is 4.33. The molecule has 1 aromatic rings. The average Bonchev–Trinajstić information content (AvgIpc) is 2.60. The molecule has 0 saturated heterocycles. The van der Waals surface area contributed by atoms with E-state index in [1.165, 1.54) is 0 Å². The number of rotatable bonds is 8. The highest BCUT2D eigenvalue weighted by molar-refractivity contribution is 7.86. The van der Waals surface area contributed by atoms with Gasteiger partial charge in [-0.05, 0) is 24.8 Å². The predicted octanol–water partition coefficient (Wildman–Crippen LogP) is 3.37. The molecule has 1 unspecified atom stereocenters. The fraction of sp³-hybridized carbons (Fsp3) is 0.611. The number of alkyl carbamates (subject to hydrolysis) is 1. The molecule has 7 heteroatoms. The van der Waals surface area contributed by atoms with Gasteiger partial charge in [-0.25, -0.2) is 4.79 Å². The molecule has 1 amide bonds. The van der Waals surface area contributed by atoms with Crippen molar-refractivity contribution in [3.05, 3.63) is 35.9 Å². The molecule has 0 aromatic heterocycles. The summed E-state index contributed by atoms with van der Waals surface area (Å²) >= 11 is 0. The minimum atomic E-state index is -3.68. The van der Waals surface area contributed by atoms with Crippen LogP contribution < -0.4 is 5.32 Å². The maximum absolute atomic E-state index is 12.2. The fourth-order valence-electron chi connectivity index (χ4n) is 2.85. The summed E-state index contributed by atoms with van der Waals surface area (Å²) in [4.78, 5) is 11.9. The van der Waals surface area contributed by atoms with Gasteiger partial charge in [0.15, 0.2) is 0 Å². The van der Waals surface area contributed by atoms with Gasteiger partial charge in [0.05, 0.1) is 11.9 Å². The second-order valence-corrected chi connectivity index (χ2v) is 8.03.